The minimum atomic E-state index is -5.07. The first kappa shape index (κ1) is 70.6. The number of ether oxygens (including phenoxy) is 4. The third-order valence-electron chi connectivity index (χ3n) is 14.3. The molecule has 97 heavy (non-hydrogen) atoms. The highest BCUT2D eigenvalue weighted by atomic mass is 32.2. The van der Waals surface area contributed by atoms with Gasteiger partial charge in [-0.2, -0.15) is 54.1 Å². The van der Waals surface area contributed by atoms with Crippen LogP contribution in [0.2, 0.25) is 0 Å². The van der Waals surface area contributed by atoms with Crippen molar-refractivity contribution in [3.8, 4) is 28.7 Å². The molecule has 0 spiro atoms. The van der Waals surface area contributed by atoms with E-state index in [1.807, 2.05) is 0 Å². The molecule has 2 amide bonds. The number of phenols is 1. The van der Waals surface area contributed by atoms with Crippen molar-refractivity contribution >= 4 is 136 Å². The summed E-state index contributed by atoms with van der Waals surface area (Å²) in [4.78, 5) is 25.0. The van der Waals surface area contributed by atoms with Crippen molar-refractivity contribution in [3.05, 3.63) is 167 Å². The summed E-state index contributed by atoms with van der Waals surface area (Å²) in [6, 6.07) is 33.7. The first-order chi connectivity index (χ1) is 45.8. The Morgan fingerprint density at radius 1 is 0.454 bits per heavy atom. The van der Waals surface area contributed by atoms with E-state index in [0.717, 1.165) is 12.1 Å². The van der Waals surface area contributed by atoms with Crippen molar-refractivity contribution in [1.82, 2.24) is 0 Å². The van der Waals surface area contributed by atoms with E-state index in [2.05, 4.69) is 51.5 Å². The van der Waals surface area contributed by atoms with E-state index in [9.17, 15) is 62.0 Å². The zero-order valence-corrected chi connectivity index (χ0v) is 55.0. The highest BCUT2D eigenvalue weighted by molar-refractivity contribution is 7.86. The summed E-state index contributed by atoms with van der Waals surface area (Å²) in [5.74, 6) is -2.79. The van der Waals surface area contributed by atoms with E-state index in [1.165, 1.54) is 99.1 Å². The number of phenolic OH excluding ortho intramolecular Hbond substituents is 1. The summed E-state index contributed by atoms with van der Waals surface area (Å²) < 4.78 is 156. The van der Waals surface area contributed by atoms with Crippen LogP contribution in [0.5, 0.6) is 28.7 Å². The van der Waals surface area contributed by atoms with Gasteiger partial charge in [0, 0.05) is 63.2 Å². The lowest BCUT2D eigenvalue weighted by Crippen LogP contribution is -2.11. The summed E-state index contributed by atoms with van der Waals surface area (Å²) in [6.45, 7) is 4.86. The molecule has 0 aromatic heterocycles. The van der Waals surface area contributed by atoms with Gasteiger partial charge < -0.3 is 40.4 Å². The zero-order chi connectivity index (χ0) is 70.1. The maximum atomic E-state index is 13.4. The highest BCUT2D eigenvalue weighted by Gasteiger charge is 2.24. The molecule has 0 saturated heterocycles. The summed E-state index contributed by atoms with van der Waals surface area (Å²) in [5.41, 5.74) is 10.3. The molecule has 0 bridgehead atoms. The number of aryl methyl sites for hydroxylation is 3. The van der Waals surface area contributed by atoms with Gasteiger partial charge in [0.2, 0.25) is 0 Å². The van der Waals surface area contributed by atoms with Gasteiger partial charge >= 0.3 is 0 Å². The number of rotatable bonds is 26. The third kappa shape index (κ3) is 18.4. The number of nitrogens with zero attached hydrogens (tertiary/aromatic N) is 8. The van der Waals surface area contributed by atoms with Crippen LogP contribution in [-0.2, 0) is 40.5 Å². The smallest absolute Gasteiger partial charge is 0.296 e. The van der Waals surface area contributed by atoms with Gasteiger partial charge in [-0.1, -0.05) is 6.07 Å². The van der Waals surface area contributed by atoms with Crippen LogP contribution >= 0.6 is 0 Å². The number of hydrogen-bond acceptors (Lipinski definition) is 24. The van der Waals surface area contributed by atoms with Gasteiger partial charge in [0.05, 0.1) is 66.6 Å². The van der Waals surface area contributed by atoms with Crippen LogP contribution in [-0.4, -0.2) is 108 Å². The van der Waals surface area contributed by atoms with Gasteiger partial charge in [-0.25, -0.2) is 0 Å². The molecule has 0 aliphatic rings. The molecule has 0 fully saturated rings. The first-order valence-corrected chi connectivity index (χ1v) is 34.7. The Kier molecular flexibility index (Phi) is 21.5. The van der Waals surface area contributed by atoms with Crippen molar-refractivity contribution in [2.24, 2.45) is 40.9 Å². The molecular weight excluding hydrogens is 1340 g/mol. The fourth-order valence-electron chi connectivity index (χ4n) is 9.35. The normalized spacial score (nSPS) is 12.3. The lowest BCUT2D eigenvalue weighted by Gasteiger charge is -2.13. The maximum Gasteiger partial charge on any atom is 0.296 e. The van der Waals surface area contributed by atoms with Gasteiger partial charge in [0.25, 0.3) is 52.3 Å². The Bertz CT molecular complexity index is 5190. The van der Waals surface area contributed by atoms with E-state index >= 15 is 0 Å². The predicted molar refractivity (Wildman–Crippen MR) is 359 cm³/mol. The molecule has 0 heterocycles. The number of benzene rings is 9. The van der Waals surface area contributed by atoms with Gasteiger partial charge in [-0.05, 0) is 170 Å². The summed E-state index contributed by atoms with van der Waals surface area (Å²) in [6.07, 6.45) is -0.243. The lowest BCUT2D eigenvalue weighted by atomic mass is 10.1. The van der Waals surface area contributed by atoms with Crippen molar-refractivity contribution in [3.63, 3.8) is 0 Å². The Morgan fingerprint density at radius 2 is 0.907 bits per heavy atom. The van der Waals surface area contributed by atoms with E-state index < -0.39 is 85.0 Å². The van der Waals surface area contributed by atoms with Crippen LogP contribution in [0.1, 0.15) is 50.2 Å². The van der Waals surface area contributed by atoms with Gasteiger partial charge in [-0.15, -0.1) is 20.5 Å². The van der Waals surface area contributed by atoms with Crippen molar-refractivity contribution < 1.29 is 85.5 Å². The summed E-state index contributed by atoms with van der Waals surface area (Å²) >= 11 is 0. The average molecular weight is 1400 g/mol. The standard InChI is InChI=1S/C63H59N11O19S4/c1-35-25-50(36(2)24-49(35)68-67-43-15-10-39(11-16-43)63(77)66-45-17-12-40-28-46(96(84,85)86)31-55(48(40)30-45)92-20-6-22-94(78,79)80)69-70-51-32-58(93-21-7-23-95(81,82)83)52(26-37(51)3)71-72-53-33-57(91-5)54(34-56(53)90-4)73-74-60-59(97(87,88)89)29-41-27-44(18-19-47(41)61(60)75)65-62(76)38-8-13-42(64)14-9-38/h8-19,24-34,75H,6-7,20-23,64H2,1-5H3,(H,65,76)(H,66,77)(H,78,79,80)(H,81,82,83)(H,84,85,86)(H,87,88,89). The van der Waals surface area contributed by atoms with Crippen molar-refractivity contribution in [1.29, 1.82) is 0 Å². The SMILES string of the molecule is COc1cc(N=Nc2c(S(=O)(=O)O)cc3cc(NC(=O)c4ccc(N)cc4)ccc3c2O)c(OC)cc1N=Nc1cc(C)c(N=Nc2cc(C)c(N=Nc3ccc(C(=O)Nc4ccc5cc(S(=O)(=O)O)cc(OCCCS(=O)(=O)O)c5c4)cc3)cc2C)cc1OCCCS(=O)(=O)O. The Hall–Kier alpha value is -10.7. The number of azo groups is 4. The molecule has 0 aliphatic heterocycles. The summed E-state index contributed by atoms with van der Waals surface area (Å²) in [5, 5.41) is 52.5. The van der Waals surface area contributed by atoms with E-state index in [-0.39, 0.29) is 99.4 Å². The maximum absolute atomic E-state index is 13.4. The zero-order valence-electron chi connectivity index (χ0n) is 51.8. The molecule has 9 rings (SSSR count). The van der Waals surface area contributed by atoms with Crippen molar-refractivity contribution in [2.45, 2.75) is 43.4 Å². The van der Waals surface area contributed by atoms with E-state index in [4.69, 9.17) is 29.2 Å². The molecule has 0 unspecified atom stereocenters. The van der Waals surface area contributed by atoms with Crippen molar-refractivity contribution in [2.75, 3.05) is 55.3 Å². The van der Waals surface area contributed by atoms with Crippen LogP contribution in [0.4, 0.5) is 62.6 Å². The number of methoxy groups -OCH3 is 2. The van der Waals surface area contributed by atoms with Crippen LogP contribution in [0.25, 0.3) is 21.5 Å². The fourth-order valence-corrected chi connectivity index (χ4v) is 11.5. The van der Waals surface area contributed by atoms with E-state index in [1.54, 1.807) is 63.2 Å². The topological polar surface area (TPSA) is 458 Å². The largest absolute Gasteiger partial charge is 0.505 e. The monoisotopic (exact) mass is 1400 g/mol. The minimum absolute atomic E-state index is 0.00813. The van der Waals surface area contributed by atoms with Gasteiger partial charge in [0.15, 0.2) is 5.75 Å². The molecular formula is C63H59N11O19S4. The number of nitrogens with two attached hydrogens (primary N) is 1. The molecule has 0 saturated carbocycles. The number of carbonyl (C=O) groups excluding carboxylic acids is 2. The second kappa shape index (κ2) is 29.5. The number of anilines is 3. The van der Waals surface area contributed by atoms with Crippen LogP contribution in [0.15, 0.2) is 190 Å². The number of fused-ring (bicyclic) bond motifs is 2. The number of hydrogen-bond donors (Lipinski definition) is 8. The van der Waals surface area contributed by atoms with Gasteiger partial charge in [-0.3, -0.25) is 27.8 Å². The lowest BCUT2D eigenvalue weighted by molar-refractivity contribution is 0.101. The molecule has 504 valence electrons. The quantitative estimate of drug-likeness (QED) is 0.0108. The predicted octanol–water partition coefficient (Wildman–Crippen LogP) is 14.2. The molecule has 0 radical (unpaired) electrons. The van der Waals surface area contributed by atoms with Crippen LogP contribution < -0.4 is 35.3 Å². The highest BCUT2D eigenvalue weighted by Crippen LogP contribution is 2.46. The fraction of sp³-hybridized carbons (Fsp3) is 0.175. The minimum Gasteiger partial charge on any atom is -0.505 e. The molecule has 9 aromatic rings. The number of nitrogen functional groups attached to an aromatic ring is 1. The second-order valence-electron chi connectivity index (χ2n) is 21.4. The number of aromatic hydroxyl groups is 1. The second-order valence-corrected chi connectivity index (χ2v) is 27.4. The summed E-state index contributed by atoms with van der Waals surface area (Å²) in [7, 11) is -15.7. The number of amides is 2. The third-order valence-corrected chi connectivity index (χ3v) is 17.6. The average Bonchev–Trinajstić information content (AvgIpc) is 0.775. The van der Waals surface area contributed by atoms with E-state index in [0.29, 0.717) is 55.9 Å². The van der Waals surface area contributed by atoms with Crippen LogP contribution in [0.3, 0.4) is 0 Å². The first-order valence-electron chi connectivity index (χ1n) is 28.6. The number of nitrogens with one attached hydrogen (secondary N) is 2. The Labute approximate surface area is 554 Å². The molecule has 30 nitrogen and oxygen atoms in total. The van der Waals surface area contributed by atoms with Gasteiger partial charge in [0.1, 0.15) is 50.6 Å². The molecule has 0 atom stereocenters. The molecule has 9 N–H and O–H groups in total. The molecule has 0 aliphatic carbocycles. The Balaban J connectivity index is 0.906. The number of carbonyl (C=O) groups is 2. The Morgan fingerprint density at radius 3 is 1.43 bits per heavy atom. The molecule has 9 aromatic carbocycles. The van der Waals surface area contributed by atoms with Crippen LogP contribution in [0, 0.1) is 20.8 Å². The molecule has 34 heteroatoms.